The summed E-state index contributed by atoms with van der Waals surface area (Å²) in [5.74, 6) is -0.350. The maximum Gasteiger partial charge on any atom is 0.244 e. The second-order valence-corrected chi connectivity index (χ2v) is 7.52. The van der Waals surface area contributed by atoms with Crippen molar-refractivity contribution in [1.82, 2.24) is 14.5 Å². The van der Waals surface area contributed by atoms with Gasteiger partial charge >= 0.3 is 0 Å². The Labute approximate surface area is 129 Å². The van der Waals surface area contributed by atoms with Crippen LogP contribution in [0.15, 0.2) is 35.5 Å². The van der Waals surface area contributed by atoms with E-state index in [4.69, 9.17) is 0 Å². The standard InChI is InChI=1S/C15H18FN3O2S/c1-10(2)19-9-13(8-17-19)22(20,21)18-15-6-4-11-3-5-12(16)7-14(11)15/h3,5,7-10,15,18H,4,6H2,1-2H3. The molecule has 0 bridgehead atoms. The van der Waals surface area contributed by atoms with Gasteiger partial charge in [0.25, 0.3) is 0 Å². The van der Waals surface area contributed by atoms with Crippen LogP contribution in [0.2, 0.25) is 0 Å². The van der Waals surface area contributed by atoms with Gasteiger partial charge in [0, 0.05) is 18.3 Å². The molecule has 1 unspecified atom stereocenters. The molecule has 5 nitrogen and oxygen atoms in total. The van der Waals surface area contributed by atoms with E-state index in [9.17, 15) is 12.8 Å². The van der Waals surface area contributed by atoms with Crippen LogP contribution in [0.1, 0.15) is 43.5 Å². The lowest BCUT2D eigenvalue weighted by Gasteiger charge is -2.13. The average molecular weight is 323 g/mol. The molecule has 0 amide bonds. The average Bonchev–Trinajstić information content (AvgIpc) is 3.06. The van der Waals surface area contributed by atoms with Crippen molar-refractivity contribution in [3.8, 4) is 0 Å². The molecule has 1 N–H and O–H groups in total. The molecule has 3 rings (SSSR count). The summed E-state index contributed by atoms with van der Waals surface area (Å²) in [6.07, 6.45) is 4.22. The molecule has 0 fully saturated rings. The van der Waals surface area contributed by atoms with E-state index in [0.29, 0.717) is 6.42 Å². The summed E-state index contributed by atoms with van der Waals surface area (Å²) in [4.78, 5) is 0.131. The highest BCUT2D eigenvalue weighted by Gasteiger charge is 2.28. The van der Waals surface area contributed by atoms with E-state index in [-0.39, 0.29) is 16.8 Å². The van der Waals surface area contributed by atoms with Crippen molar-refractivity contribution in [2.45, 2.75) is 43.7 Å². The number of fused-ring (bicyclic) bond motifs is 1. The van der Waals surface area contributed by atoms with E-state index in [1.165, 1.54) is 24.5 Å². The largest absolute Gasteiger partial charge is 0.269 e. The van der Waals surface area contributed by atoms with Gasteiger partial charge in [0.05, 0.1) is 6.20 Å². The monoisotopic (exact) mass is 323 g/mol. The predicted octanol–water partition coefficient (Wildman–Crippen LogP) is 2.57. The molecule has 1 aliphatic rings. The van der Waals surface area contributed by atoms with Gasteiger partial charge in [0.15, 0.2) is 0 Å². The zero-order valence-electron chi connectivity index (χ0n) is 12.5. The van der Waals surface area contributed by atoms with Crippen LogP contribution in [0.4, 0.5) is 4.39 Å². The zero-order valence-corrected chi connectivity index (χ0v) is 13.3. The molecule has 1 aromatic carbocycles. The number of benzene rings is 1. The first kappa shape index (κ1) is 15.2. The summed E-state index contributed by atoms with van der Waals surface area (Å²) in [7, 11) is -3.67. The van der Waals surface area contributed by atoms with Gasteiger partial charge in [0.2, 0.25) is 10.0 Å². The molecule has 22 heavy (non-hydrogen) atoms. The van der Waals surface area contributed by atoms with Gasteiger partial charge in [0.1, 0.15) is 10.7 Å². The number of sulfonamides is 1. The molecule has 1 heterocycles. The van der Waals surface area contributed by atoms with E-state index < -0.39 is 16.1 Å². The number of aryl methyl sites for hydroxylation is 1. The lowest BCUT2D eigenvalue weighted by Crippen LogP contribution is -2.27. The van der Waals surface area contributed by atoms with Crippen molar-refractivity contribution < 1.29 is 12.8 Å². The van der Waals surface area contributed by atoms with Gasteiger partial charge in [-0.15, -0.1) is 0 Å². The second-order valence-electron chi connectivity index (χ2n) is 5.81. The van der Waals surface area contributed by atoms with Gasteiger partial charge in [-0.3, -0.25) is 4.68 Å². The fraction of sp³-hybridized carbons (Fsp3) is 0.400. The minimum absolute atomic E-state index is 0.0882. The van der Waals surface area contributed by atoms with E-state index in [2.05, 4.69) is 9.82 Å². The maximum absolute atomic E-state index is 13.4. The van der Waals surface area contributed by atoms with E-state index >= 15 is 0 Å². The molecular weight excluding hydrogens is 305 g/mol. The molecule has 1 atom stereocenters. The zero-order chi connectivity index (χ0) is 15.9. The summed E-state index contributed by atoms with van der Waals surface area (Å²) in [5.41, 5.74) is 1.71. The molecule has 2 aromatic rings. The number of rotatable bonds is 4. The molecule has 7 heteroatoms. The normalized spacial score (nSPS) is 17.9. The van der Waals surface area contributed by atoms with Crippen molar-refractivity contribution in [1.29, 1.82) is 0 Å². The number of aromatic nitrogens is 2. The molecule has 0 aliphatic heterocycles. The lowest BCUT2D eigenvalue weighted by molar-refractivity contribution is 0.530. The molecule has 0 spiro atoms. The number of hydrogen-bond donors (Lipinski definition) is 1. The second kappa shape index (κ2) is 5.48. The summed E-state index contributed by atoms with van der Waals surface area (Å²) >= 11 is 0. The van der Waals surface area contributed by atoms with Gasteiger partial charge < -0.3 is 0 Å². The Hall–Kier alpha value is -1.73. The minimum Gasteiger partial charge on any atom is -0.269 e. The third-order valence-corrected chi connectivity index (χ3v) is 5.33. The Balaban J connectivity index is 1.85. The van der Waals surface area contributed by atoms with Crippen molar-refractivity contribution in [2.75, 3.05) is 0 Å². The van der Waals surface area contributed by atoms with Crippen LogP contribution >= 0.6 is 0 Å². The van der Waals surface area contributed by atoms with Gasteiger partial charge in [-0.1, -0.05) is 6.07 Å². The van der Waals surface area contributed by atoms with Crippen LogP contribution in [-0.2, 0) is 16.4 Å². The molecule has 118 valence electrons. The predicted molar refractivity (Wildman–Crippen MR) is 80.4 cm³/mol. The van der Waals surface area contributed by atoms with Crippen LogP contribution in [0.25, 0.3) is 0 Å². The highest BCUT2D eigenvalue weighted by molar-refractivity contribution is 7.89. The third-order valence-electron chi connectivity index (χ3n) is 3.90. The highest BCUT2D eigenvalue weighted by atomic mass is 32.2. The quantitative estimate of drug-likeness (QED) is 0.940. The first-order valence-corrected chi connectivity index (χ1v) is 8.70. The van der Waals surface area contributed by atoms with Crippen molar-refractivity contribution >= 4 is 10.0 Å². The van der Waals surface area contributed by atoms with E-state index in [0.717, 1.165) is 17.5 Å². The van der Waals surface area contributed by atoms with E-state index in [1.807, 2.05) is 13.8 Å². The summed E-state index contributed by atoms with van der Waals surface area (Å²) in [6, 6.07) is 4.23. The molecule has 0 radical (unpaired) electrons. The Kier molecular flexibility index (Phi) is 3.78. The number of nitrogens with zero attached hydrogens (tertiary/aromatic N) is 2. The smallest absolute Gasteiger partial charge is 0.244 e. The number of hydrogen-bond acceptors (Lipinski definition) is 3. The molecule has 0 saturated carbocycles. The summed E-state index contributed by atoms with van der Waals surface area (Å²) in [6.45, 7) is 3.85. The fourth-order valence-electron chi connectivity index (χ4n) is 2.69. The first-order valence-electron chi connectivity index (χ1n) is 7.21. The molecule has 1 aliphatic carbocycles. The van der Waals surface area contributed by atoms with Crippen LogP contribution in [-0.4, -0.2) is 18.2 Å². The van der Waals surface area contributed by atoms with Crippen LogP contribution in [0.5, 0.6) is 0 Å². The van der Waals surface area contributed by atoms with Gasteiger partial charge in [-0.25, -0.2) is 17.5 Å². The molecule has 0 saturated heterocycles. The van der Waals surface area contributed by atoms with Crippen molar-refractivity contribution in [2.24, 2.45) is 0 Å². The lowest BCUT2D eigenvalue weighted by atomic mass is 10.1. The van der Waals surface area contributed by atoms with Gasteiger partial charge in [-0.2, -0.15) is 5.10 Å². The Morgan fingerprint density at radius 1 is 1.41 bits per heavy atom. The molecule has 1 aromatic heterocycles. The SMILES string of the molecule is CC(C)n1cc(S(=O)(=O)NC2CCc3ccc(F)cc32)cn1. The summed E-state index contributed by atoms with van der Waals surface area (Å²) in [5, 5.41) is 4.05. The minimum atomic E-state index is -3.67. The highest BCUT2D eigenvalue weighted by Crippen LogP contribution is 2.32. The Bertz CT molecular complexity index is 799. The van der Waals surface area contributed by atoms with Crippen LogP contribution in [0.3, 0.4) is 0 Å². The Morgan fingerprint density at radius 2 is 2.18 bits per heavy atom. The fourth-order valence-corrected chi connectivity index (χ4v) is 3.88. The van der Waals surface area contributed by atoms with Crippen LogP contribution < -0.4 is 4.72 Å². The van der Waals surface area contributed by atoms with Crippen molar-refractivity contribution in [3.63, 3.8) is 0 Å². The Morgan fingerprint density at radius 3 is 2.86 bits per heavy atom. The van der Waals surface area contributed by atoms with Crippen molar-refractivity contribution in [3.05, 3.63) is 47.5 Å². The first-order chi connectivity index (χ1) is 10.4. The molecular formula is C15H18FN3O2S. The number of halogens is 1. The topological polar surface area (TPSA) is 64.0 Å². The summed E-state index contributed by atoms with van der Waals surface area (Å²) < 4.78 is 42.6. The van der Waals surface area contributed by atoms with Gasteiger partial charge in [-0.05, 0) is 49.9 Å². The van der Waals surface area contributed by atoms with E-state index in [1.54, 1.807) is 10.7 Å². The van der Waals surface area contributed by atoms with Crippen LogP contribution in [0, 0.1) is 5.82 Å². The third kappa shape index (κ3) is 2.78. The maximum atomic E-state index is 13.4. The number of nitrogens with one attached hydrogen (secondary N) is 1.